The van der Waals surface area contributed by atoms with Crippen LogP contribution >= 0.6 is 12.4 Å². The summed E-state index contributed by atoms with van der Waals surface area (Å²) in [7, 11) is 0. The van der Waals surface area contributed by atoms with Gasteiger partial charge in [-0.1, -0.05) is 30.3 Å². The quantitative estimate of drug-likeness (QED) is 0.819. The molecule has 3 N–H and O–H groups in total. The summed E-state index contributed by atoms with van der Waals surface area (Å²) in [6.45, 7) is 0.995. The third-order valence-electron chi connectivity index (χ3n) is 3.97. The summed E-state index contributed by atoms with van der Waals surface area (Å²) < 4.78 is 0. The maximum Gasteiger partial charge on any atom is 0.223 e. The van der Waals surface area contributed by atoms with Crippen molar-refractivity contribution in [1.82, 2.24) is 5.32 Å². The fraction of sp³-hybridized carbons (Fsp3) is 0.500. The van der Waals surface area contributed by atoms with Crippen molar-refractivity contribution in [3.05, 3.63) is 35.9 Å². The van der Waals surface area contributed by atoms with Gasteiger partial charge in [0.05, 0.1) is 0 Å². The Morgan fingerprint density at radius 3 is 2.19 bits per heavy atom. The lowest BCUT2D eigenvalue weighted by molar-refractivity contribution is -0.126. The molecule has 0 spiro atoms. The predicted molar refractivity (Wildman–Crippen MR) is 85.5 cm³/mol. The number of carbonyl (C=O) groups excluding carboxylic acids is 2. The average Bonchev–Trinajstić information content (AvgIpc) is 2.53. The first-order valence-electron chi connectivity index (χ1n) is 7.29. The number of Topliss-reactive ketones (excluding diaryl/α,β-unsaturated/α-hetero) is 1. The Morgan fingerprint density at radius 1 is 1.05 bits per heavy atom. The zero-order valence-electron chi connectivity index (χ0n) is 12.1. The molecule has 0 saturated heterocycles. The highest BCUT2D eigenvalue weighted by molar-refractivity contribution is 5.98. The van der Waals surface area contributed by atoms with Crippen LogP contribution in [0, 0.1) is 11.8 Å². The van der Waals surface area contributed by atoms with Gasteiger partial charge in [0.2, 0.25) is 5.91 Å². The van der Waals surface area contributed by atoms with E-state index in [1.165, 1.54) is 0 Å². The van der Waals surface area contributed by atoms with Gasteiger partial charge in [-0.3, -0.25) is 9.59 Å². The van der Waals surface area contributed by atoms with Crippen molar-refractivity contribution in [3.63, 3.8) is 0 Å². The van der Waals surface area contributed by atoms with Crippen LogP contribution in [0.3, 0.4) is 0 Å². The number of carbonyl (C=O) groups is 2. The van der Waals surface area contributed by atoms with Crippen LogP contribution in [0.1, 0.15) is 36.0 Å². The number of amides is 1. The van der Waals surface area contributed by atoms with Crippen molar-refractivity contribution in [2.24, 2.45) is 17.6 Å². The first-order valence-corrected chi connectivity index (χ1v) is 7.29. The minimum absolute atomic E-state index is 0. The molecule has 1 aliphatic carbocycles. The van der Waals surface area contributed by atoms with E-state index in [2.05, 4.69) is 5.32 Å². The highest BCUT2D eigenvalue weighted by atomic mass is 35.5. The molecule has 1 aromatic carbocycles. The molecular weight excluding hydrogens is 288 g/mol. The van der Waals surface area contributed by atoms with E-state index in [4.69, 9.17) is 5.73 Å². The third kappa shape index (κ3) is 4.83. The summed E-state index contributed by atoms with van der Waals surface area (Å²) in [5, 5.41) is 2.83. The molecule has 1 saturated carbocycles. The van der Waals surface area contributed by atoms with Crippen molar-refractivity contribution < 1.29 is 9.59 Å². The number of ketones is 1. The standard InChI is InChI=1S/C16H22N2O2.ClH/c17-10-11-18-16(20)14-8-6-13(7-9-14)15(19)12-4-2-1-3-5-12;/h1-5,13-14H,6-11,17H2,(H,18,20);1H/t13-,14-;. The maximum atomic E-state index is 12.3. The van der Waals surface area contributed by atoms with Crippen molar-refractivity contribution in [3.8, 4) is 0 Å². The monoisotopic (exact) mass is 310 g/mol. The second-order valence-corrected chi connectivity index (χ2v) is 5.36. The molecule has 1 amide bonds. The Labute approximate surface area is 131 Å². The molecule has 1 aromatic rings. The Balaban J connectivity index is 0.00000220. The van der Waals surface area contributed by atoms with E-state index >= 15 is 0 Å². The molecule has 1 aliphatic rings. The second-order valence-electron chi connectivity index (χ2n) is 5.36. The normalized spacial score (nSPS) is 21.2. The van der Waals surface area contributed by atoms with Crippen LogP contribution in [0.15, 0.2) is 30.3 Å². The topological polar surface area (TPSA) is 72.2 Å². The molecule has 0 aromatic heterocycles. The van der Waals surface area contributed by atoms with E-state index in [0.717, 1.165) is 31.2 Å². The minimum atomic E-state index is 0. The summed E-state index contributed by atoms with van der Waals surface area (Å²) in [5.74, 6) is 0.407. The lowest BCUT2D eigenvalue weighted by Gasteiger charge is -2.26. The van der Waals surface area contributed by atoms with E-state index in [-0.39, 0.29) is 35.9 Å². The van der Waals surface area contributed by atoms with E-state index in [0.29, 0.717) is 13.1 Å². The lowest BCUT2D eigenvalue weighted by Crippen LogP contribution is -2.36. The third-order valence-corrected chi connectivity index (χ3v) is 3.97. The van der Waals surface area contributed by atoms with E-state index < -0.39 is 0 Å². The fourth-order valence-electron chi connectivity index (χ4n) is 2.80. The van der Waals surface area contributed by atoms with Crippen molar-refractivity contribution in [2.45, 2.75) is 25.7 Å². The Bertz CT molecular complexity index is 457. The zero-order valence-corrected chi connectivity index (χ0v) is 12.9. The highest BCUT2D eigenvalue weighted by Crippen LogP contribution is 2.31. The first kappa shape index (κ1) is 17.7. The van der Waals surface area contributed by atoms with Gasteiger partial charge >= 0.3 is 0 Å². The number of benzene rings is 1. The Hall–Kier alpha value is -1.39. The van der Waals surface area contributed by atoms with E-state index in [9.17, 15) is 9.59 Å². The molecule has 0 atom stereocenters. The van der Waals surface area contributed by atoms with Gasteiger partial charge in [0.15, 0.2) is 5.78 Å². The summed E-state index contributed by atoms with van der Waals surface area (Å²) in [6.07, 6.45) is 3.18. The van der Waals surface area contributed by atoms with Gasteiger partial charge in [0, 0.05) is 30.5 Å². The van der Waals surface area contributed by atoms with Gasteiger partial charge in [-0.15, -0.1) is 12.4 Å². The van der Waals surface area contributed by atoms with Gasteiger partial charge in [0.1, 0.15) is 0 Å². The molecule has 0 bridgehead atoms. The van der Waals surface area contributed by atoms with Crippen LogP contribution in [0.2, 0.25) is 0 Å². The first-order chi connectivity index (χ1) is 9.72. The van der Waals surface area contributed by atoms with Crippen LogP contribution in [0.25, 0.3) is 0 Å². The largest absolute Gasteiger partial charge is 0.355 e. The summed E-state index contributed by atoms with van der Waals surface area (Å²) >= 11 is 0. The summed E-state index contributed by atoms with van der Waals surface area (Å²) in [4.78, 5) is 24.2. The van der Waals surface area contributed by atoms with Crippen LogP contribution in [-0.4, -0.2) is 24.8 Å². The van der Waals surface area contributed by atoms with Gasteiger partial charge in [-0.05, 0) is 25.7 Å². The van der Waals surface area contributed by atoms with Gasteiger partial charge in [-0.25, -0.2) is 0 Å². The Morgan fingerprint density at radius 2 is 1.62 bits per heavy atom. The molecule has 0 heterocycles. The molecule has 0 radical (unpaired) electrons. The predicted octanol–water partition coefficient (Wildman–Crippen LogP) is 2.17. The van der Waals surface area contributed by atoms with Crippen LogP contribution in [-0.2, 0) is 4.79 Å². The molecular formula is C16H23ClN2O2. The van der Waals surface area contributed by atoms with Crippen molar-refractivity contribution in [2.75, 3.05) is 13.1 Å². The molecule has 0 aliphatic heterocycles. The van der Waals surface area contributed by atoms with E-state index in [1.54, 1.807) is 0 Å². The molecule has 1 fully saturated rings. The molecule has 21 heavy (non-hydrogen) atoms. The van der Waals surface area contributed by atoms with Crippen LogP contribution in [0.5, 0.6) is 0 Å². The lowest BCUT2D eigenvalue weighted by atomic mass is 9.78. The van der Waals surface area contributed by atoms with Gasteiger partial charge < -0.3 is 11.1 Å². The number of hydrogen-bond acceptors (Lipinski definition) is 3. The van der Waals surface area contributed by atoms with Crippen LogP contribution < -0.4 is 11.1 Å². The smallest absolute Gasteiger partial charge is 0.223 e. The number of halogens is 1. The average molecular weight is 311 g/mol. The second kappa shape index (κ2) is 8.80. The number of hydrogen-bond donors (Lipinski definition) is 2. The summed E-state index contributed by atoms with van der Waals surface area (Å²) in [6, 6.07) is 9.42. The highest BCUT2D eigenvalue weighted by Gasteiger charge is 2.29. The molecule has 5 heteroatoms. The number of nitrogens with one attached hydrogen (secondary N) is 1. The van der Waals surface area contributed by atoms with Crippen molar-refractivity contribution >= 4 is 24.1 Å². The fourth-order valence-corrected chi connectivity index (χ4v) is 2.80. The van der Waals surface area contributed by atoms with E-state index in [1.807, 2.05) is 30.3 Å². The van der Waals surface area contributed by atoms with Gasteiger partial charge in [-0.2, -0.15) is 0 Å². The maximum absolute atomic E-state index is 12.3. The summed E-state index contributed by atoms with van der Waals surface area (Å²) in [5.41, 5.74) is 6.15. The minimum Gasteiger partial charge on any atom is -0.355 e. The van der Waals surface area contributed by atoms with Crippen LogP contribution in [0.4, 0.5) is 0 Å². The Kier molecular flexibility index (Phi) is 7.40. The number of nitrogens with two attached hydrogens (primary N) is 1. The zero-order chi connectivity index (χ0) is 14.4. The molecule has 116 valence electrons. The van der Waals surface area contributed by atoms with Gasteiger partial charge in [0.25, 0.3) is 0 Å². The SMILES string of the molecule is Cl.NCCNC(=O)[C@H]1CC[C@H](C(=O)c2ccccc2)CC1. The molecule has 0 unspecified atom stereocenters. The van der Waals surface area contributed by atoms with Crippen molar-refractivity contribution in [1.29, 1.82) is 0 Å². The number of rotatable bonds is 5. The molecule has 2 rings (SSSR count). The molecule has 4 nitrogen and oxygen atoms in total.